The van der Waals surface area contributed by atoms with E-state index in [9.17, 15) is 22.0 Å². The smallest absolute Gasteiger partial charge is 0.454 e. The average molecular weight is 341 g/mol. The van der Waals surface area contributed by atoms with E-state index in [4.69, 9.17) is 4.74 Å². The zero-order valence-corrected chi connectivity index (χ0v) is 12.4. The van der Waals surface area contributed by atoms with Gasteiger partial charge in [-0.2, -0.15) is 17.6 Å². The van der Waals surface area contributed by atoms with Crippen molar-refractivity contribution in [3.05, 3.63) is 59.9 Å². The first kappa shape index (κ1) is 17.6. The molecule has 0 fully saturated rings. The van der Waals surface area contributed by atoms with Crippen molar-refractivity contribution in [2.45, 2.75) is 12.0 Å². The normalized spacial score (nSPS) is 13.4. The fourth-order valence-electron chi connectivity index (χ4n) is 1.76. The SMILES string of the molecule is COc1ccc(N[C@@](F)(C#Cc2ccccc2F)C(F)(F)F)cc1. The van der Waals surface area contributed by atoms with Crippen molar-refractivity contribution in [1.82, 2.24) is 0 Å². The highest BCUT2D eigenvalue weighted by molar-refractivity contribution is 5.51. The lowest BCUT2D eigenvalue weighted by Crippen LogP contribution is -2.46. The zero-order chi connectivity index (χ0) is 17.8. The van der Waals surface area contributed by atoms with Gasteiger partial charge >= 0.3 is 12.0 Å². The second kappa shape index (κ2) is 6.79. The topological polar surface area (TPSA) is 21.3 Å². The van der Waals surface area contributed by atoms with Gasteiger partial charge in [0.1, 0.15) is 11.6 Å². The molecule has 1 atom stereocenters. The van der Waals surface area contributed by atoms with Crippen molar-refractivity contribution in [2.75, 3.05) is 12.4 Å². The first-order valence-electron chi connectivity index (χ1n) is 6.71. The minimum atomic E-state index is -5.33. The molecule has 0 saturated heterocycles. The number of ether oxygens (including phenoxy) is 1. The van der Waals surface area contributed by atoms with Gasteiger partial charge in [0.2, 0.25) is 0 Å². The second-order valence-electron chi connectivity index (χ2n) is 4.74. The van der Waals surface area contributed by atoms with E-state index in [0.717, 1.165) is 12.1 Å². The number of hydrogen-bond donors (Lipinski definition) is 1. The van der Waals surface area contributed by atoms with E-state index in [-0.39, 0.29) is 11.3 Å². The fraction of sp³-hybridized carbons (Fsp3) is 0.176. The van der Waals surface area contributed by atoms with Crippen LogP contribution in [-0.2, 0) is 0 Å². The molecule has 126 valence electrons. The summed E-state index contributed by atoms with van der Waals surface area (Å²) in [5.74, 6) is -1.13. The van der Waals surface area contributed by atoms with E-state index >= 15 is 0 Å². The molecule has 0 aliphatic heterocycles. The van der Waals surface area contributed by atoms with Gasteiger partial charge in [0.25, 0.3) is 0 Å². The summed E-state index contributed by atoms with van der Waals surface area (Å²) in [5.41, 5.74) is -0.487. The van der Waals surface area contributed by atoms with E-state index in [2.05, 4.69) is 0 Å². The minimum absolute atomic E-state index is 0.154. The minimum Gasteiger partial charge on any atom is -0.497 e. The molecule has 1 N–H and O–H groups in total. The van der Waals surface area contributed by atoms with E-state index in [1.807, 2.05) is 5.92 Å². The largest absolute Gasteiger partial charge is 0.497 e. The molecule has 0 aromatic heterocycles. The molecule has 2 rings (SSSR count). The summed E-state index contributed by atoms with van der Waals surface area (Å²) in [6, 6.07) is 10.1. The van der Waals surface area contributed by atoms with Crippen LogP contribution in [0.1, 0.15) is 5.56 Å². The van der Waals surface area contributed by atoms with Gasteiger partial charge in [-0.1, -0.05) is 18.1 Å². The predicted molar refractivity (Wildman–Crippen MR) is 79.8 cm³/mol. The third-order valence-corrected chi connectivity index (χ3v) is 3.04. The lowest BCUT2D eigenvalue weighted by molar-refractivity contribution is -0.198. The van der Waals surface area contributed by atoms with Crippen molar-refractivity contribution in [2.24, 2.45) is 0 Å². The highest BCUT2D eigenvalue weighted by atomic mass is 19.4. The Morgan fingerprint density at radius 3 is 2.12 bits per heavy atom. The number of benzene rings is 2. The summed E-state index contributed by atoms with van der Waals surface area (Å²) >= 11 is 0. The predicted octanol–water partition coefficient (Wildman–Crippen LogP) is 4.53. The molecular formula is C17H12F5NO. The molecule has 2 aromatic rings. The second-order valence-corrected chi connectivity index (χ2v) is 4.74. The molecule has 0 aliphatic carbocycles. The van der Waals surface area contributed by atoms with Crippen LogP contribution < -0.4 is 10.1 Å². The van der Waals surface area contributed by atoms with Gasteiger partial charge in [0.05, 0.1) is 12.7 Å². The van der Waals surface area contributed by atoms with Gasteiger partial charge in [-0.05, 0) is 42.3 Å². The standard InChI is InChI=1S/C17H12F5NO/c1-24-14-8-6-13(7-9-14)23-16(19,17(20,21)22)11-10-12-4-2-3-5-15(12)18/h2-9,23H,1H3/t16-/m0/s1. The molecule has 0 radical (unpaired) electrons. The first-order valence-corrected chi connectivity index (χ1v) is 6.71. The van der Waals surface area contributed by atoms with Crippen LogP contribution in [0.5, 0.6) is 5.75 Å². The van der Waals surface area contributed by atoms with Crippen LogP contribution in [0.15, 0.2) is 48.5 Å². The number of hydrogen-bond acceptors (Lipinski definition) is 2. The molecule has 2 nitrogen and oxygen atoms in total. The maximum Gasteiger partial charge on any atom is 0.454 e. The zero-order valence-electron chi connectivity index (χ0n) is 12.4. The molecule has 7 heteroatoms. The summed E-state index contributed by atoms with van der Waals surface area (Å²) in [6.07, 6.45) is -5.33. The third-order valence-electron chi connectivity index (χ3n) is 3.04. The van der Waals surface area contributed by atoms with E-state index in [1.54, 1.807) is 5.32 Å². The van der Waals surface area contributed by atoms with Crippen molar-refractivity contribution < 1.29 is 26.7 Å². The van der Waals surface area contributed by atoms with Crippen LogP contribution in [0, 0.1) is 17.7 Å². The molecule has 0 bridgehead atoms. The molecule has 0 aliphatic rings. The Morgan fingerprint density at radius 1 is 0.958 bits per heavy atom. The summed E-state index contributed by atoms with van der Waals surface area (Å²) in [7, 11) is 1.39. The molecule has 2 aromatic carbocycles. The summed E-state index contributed by atoms with van der Waals surface area (Å²) in [6.45, 7) is 0. The van der Waals surface area contributed by atoms with Crippen molar-refractivity contribution >= 4 is 5.69 Å². The third kappa shape index (κ3) is 3.96. The van der Waals surface area contributed by atoms with Crippen LogP contribution in [0.4, 0.5) is 27.6 Å². The Labute approximate surface area is 135 Å². The molecule has 0 unspecified atom stereocenters. The number of rotatable bonds is 3. The molecule has 0 heterocycles. The van der Waals surface area contributed by atoms with Crippen LogP contribution in [0.2, 0.25) is 0 Å². The van der Waals surface area contributed by atoms with Gasteiger partial charge in [-0.3, -0.25) is 0 Å². The van der Waals surface area contributed by atoms with Gasteiger partial charge in [0.15, 0.2) is 0 Å². The molecule has 0 saturated carbocycles. The summed E-state index contributed by atoms with van der Waals surface area (Å²) in [5, 5.41) is 1.69. The van der Waals surface area contributed by atoms with Crippen LogP contribution in [0.3, 0.4) is 0 Å². The summed E-state index contributed by atoms with van der Waals surface area (Å²) in [4.78, 5) is 0. The monoisotopic (exact) mass is 341 g/mol. The first-order chi connectivity index (χ1) is 11.2. The molecule has 0 spiro atoms. The van der Waals surface area contributed by atoms with Gasteiger partial charge in [0, 0.05) is 5.69 Å². The molecule has 0 amide bonds. The maximum absolute atomic E-state index is 14.4. The quantitative estimate of drug-likeness (QED) is 0.503. The van der Waals surface area contributed by atoms with Crippen molar-refractivity contribution in [3.63, 3.8) is 0 Å². The Hall–Kier alpha value is -2.75. The lowest BCUT2D eigenvalue weighted by atomic mass is 10.1. The van der Waals surface area contributed by atoms with Crippen molar-refractivity contribution in [3.8, 4) is 17.6 Å². The number of halogens is 5. The molecule has 24 heavy (non-hydrogen) atoms. The number of nitrogens with one attached hydrogen (secondary N) is 1. The van der Waals surface area contributed by atoms with Crippen molar-refractivity contribution in [1.29, 1.82) is 0 Å². The highest BCUT2D eigenvalue weighted by Gasteiger charge is 2.56. The van der Waals surface area contributed by atoms with Crippen LogP contribution in [0.25, 0.3) is 0 Å². The van der Waals surface area contributed by atoms with Gasteiger partial charge in [-0.25, -0.2) is 4.39 Å². The maximum atomic E-state index is 14.4. The lowest BCUT2D eigenvalue weighted by Gasteiger charge is -2.24. The van der Waals surface area contributed by atoms with Gasteiger partial charge < -0.3 is 10.1 Å². The number of anilines is 1. The van der Waals surface area contributed by atoms with Crippen LogP contribution in [-0.4, -0.2) is 19.1 Å². The summed E-state index contributed by atoms with van der Waals surface area (Å²) < 4.78 is 72.0. The Kier molecular flexibility index (Phi) is 4.98. The molecular weight excluding hydrogens is 329 g/mol. The average Bonchev–Trinajstić information content (AvgIpc) is 2.54. The number of methoxy groups -OCH3 is 1. The highest BCUT2D eigenvalue weighted by Crippen LogP contribution is 2.35. The van der Waals surface area contributed by atoms with E-state index in [1.165, 1.54) is 49.4 Å². The number of alkyl halides is 4. The Morgan fingerprint density at radius 2 is 1.58 bits per heavy atom. The van der Waals surface area contributed by atoms with Crippen LogP contribution >= 0.6 is 0 Å². The van der Waals surface area contributed by atoms with E-state index in [0.29, 0.717) is 5.75 Å². The Balaban J connectivity index is 2.35. The fourth-order valence-corrected chi connectivity index (χ4v) is 1.76. The van der Waals surface area contributed by atoms with E-state index < -0.39 is 17.8 Å². The van der Waals surface area contributed by atoms with Gasteiger partial charge in [-0.15, -0.1) is 0 Å². The Bertz CT molecular complexity index is 761.